The van der Waals surface area contributed by atoms with Crippen LogP contribution >= 0.6 is 0 Å². The highest BCUT2D eigenvalue weighted by molar-refractivity contribution is 5.36. The van der Waals surface area contributed by atoms with E-state index in [9.17, 15) is 0 Å². The van der Waals surface area contributed by atoms with E-state index in [1.165, 1.54) is 0 Å². The number of hydrazine groups is 1. The van der Waals surface area contributed by atoms with Gasteiger partial charge in [-0.25, -0.2) is 5.84 Å². The van der Waals surface area contributed by atoms with Gasteiger partial charge in [-0.15, -0.1) is 10.2 Å². The van der Waals surface area contributed by atoms with Gasteiger partial charge in [0.1, 0.15) is 5.82 Å². The monoisotopic (exact) mass is 125 g/mol. The average Bonchev–Trinajstić information content (AvgIpc) is 1.90. The van der Waals surface area contributed by atoms with Crippen LogP contribution in [0.5, 0.6) is 0 Å². The molecule has 1 heterocycles. The van der Waals surface area contributed by atoms with Crippen molar-refractivity contribution >= 4 is 11.6 Å². The molecular weight excluding hydrogens is 118 g/mol. The molecule has 0 saturated heterocycles. The van der Waals surface area contributed by atoms with Gasteiger partial charge in [0.15, 0.2) is 5.82 Å². The average molecular weight is 125 g/mol. The second-order valence-electron chi connectivity index (χ2n) is 1.49. The van der Waals surface area contributed by atoms with Gasteiger partial charge in [0.2, 0.25) is 0 Å². The van der Waals surface area contributed by atoms with Crippen LogP contribution in [0.3, 0.4) is 0 Å². The number of hydrogen-bond donors (Lipinski definition) is 3. The maximum absolute atomic E-state index is 5.24. The fourth-order valence-corrected chi connectivity index (χ4v) is 0.420. The zero-order valence-corrected chi connectivity index (χ0v) is 4.70. The summed E-state index contributed by atoms with van der Waals surface area (Å²) in [5, 5.41) is 7.12. The van der Waals surface area contributed by atoms with E-state index in [-0.39, 0.29) is 0 Å². The van der Waals surface area contributed by atoms with E-state index < -0.39 is 0 Å². The molecule has 0 aliphatic carbocycles. The predicted octanol–water partition coefficient (Wildman–Crippen LogP) is -0.656. The smallest absolute Gasteiger partial charge is 0.162 e. The van der Waals surface area contributed by atoms with Crippen molar-refractivity contribution in [2.75, 3.05) is 11.2 Å². The van der Waals surface area contributed by atoms with Crippen molar-refractivity contribution in [2.24, 2.45) is 5.84 Å². The first kappa shape index (κ1) is 5.77. The summed E-state index contributed by atoms with van der Waals surface area (Å²) in [7, 11) is 0. The minimum Gasteiger partial charge on any atom is -0.382 e. The number of nitrogens with zero attached hydrogens (tertiary/aromatic N) is 2. The first-order valence-corrected chi connectivity index (χ1v) is 2.39. The van der Waals surface area contributed by atoms with Gasteiger partial charge in [0.25, 0.3) is 0 Å². The van der Waals surface area contributed by atoms with Crippen LogP contribution < -0.4 is 17.0 Å². The number of anilines is 2. The van der Waals surface area contributed by atoms with E-state index in [1.54, 1.807) is 12.1 Å². The molecule has 1 rings (SSSR count). The van der Waals surface area contributed by atoms with Crippen LogP contribution in [0, 0.1) is 0 Å². The Morgan fingerprint density at radius 2 is 2.11 bits per heavy atom. The number of hydrogen-bond acceptors (Lipinski definition) is 5. The second kappa shape index (κ2) is 2.27. The Bertz CT molecular complexity index is 181. The molecule has 0 aliphatic heterocycles. The molecule has 0 amide bonds. The molecule has 0 aliphatic rings. The fraction of sp³-hybridized carbons (Fsp3) is 0. The molecule has 9 heavy (non-hydrogen) atoms. The van der Waals surface area contributed by atoms with Gasteiger partial charge < -0.3 is 11.2 Å². The molecule has 0 radical (unpaired) electrons. The normalized spacial score (nSPS) is 9.00. The first-order valence-electron chi connectivity index (χ1n) is 2.39. The Kier molecular flexibility index (Phi) is 1.46. The Morgan fingerprint density at radius 1 is 1.33 bits per heavy atom. The highest BCUT2D eigenvalue weighted by Gasteiger charge is 1.87. The Hall–Kier alpha value is -1.36. The van der Waals surface area contributed by atoms with Gasteiger partial charge in [0.05, 0.1) is 0 Å². The molecule has 0 aromatic carbocycles. The molecular formula is C4H7N5. The van der Waals surface area contributed by atoms with Crippen LogP contribution in [0.15, 0.2) is 12.1 Å². The van der Waals surface area contributed by atoms with Crippen molar-refractivity contribution in [1.29, 1.82) is 0 Å². The maximum Gasteiger partial charge on any atom is 0.162 e. The molecule has 0 fully saturated rings. The molecule has 0 spiro atoms. The van der Waals surface area contributed by atoms with Crippen molar-refractivity contribution in [3.05, 3.63) is 12.1 Å². The minimum atomic E-state index is 0.383. The molecule has 5 N–H and O–H groups in total. The summed E-state index contributed by atoms with van der Waals surface area (Å²) < 4.78 is 0. The largest absolute Gasteiger partial charge is 0.382 e. The predicted molar refractivity (Wildman–Crippen MR) is 34.3 cm³/mol. The summed E-state index contributed by atoms with van der Waals surface area (Å²) >= 11 is 0. The van der Waals surface area contributed by atoms with Gasteiger partial charge in [-0.1, -0.05) is 0 Å². The third-order valence-corrected chi connectivity index (χ3v) is 0.833. The van der Waals surface area contributed by atoms with Crippen LogP contribution in [-0.4, -0.2) is 10.2 Å². The number of rotatable bonds is 1. The number of nitrogens with one attached hydrogen (secondary N) is 1. The quantitative estimate of drug-likeness (QED) is 0.342. The maximum atomic E-state index is 5.24. The van der Waals surface area contributed by atoms with Gasteiger partial charge in [-0.05, 0) is 12.1 Å². The third-order valence-electron chi connectivity index (χ3n) is 0.833. The fourth-order valence-electron chi connectivity index (χ4n) is 0.420. The Balaban J connectivity index is 2.88. The summed E-state index contributed by atoms with van der Waals surface area (Å²) in [6.45, 7) is 0. The van der Waals surface area contributed by atoms with Gasteiger partial charge in [0, 0.05) is 0 Å². The molecule has 0 unspecified atom stereocenters. The summed E-state index contributed by atoms with van der Waals surface area (Å²) in [4.78, 5) is 0. The lowest BCUT2D eigenvalue weighted by Gasteiger charge is -1.94. The van der Waals surface area contributed by atoms with Gasteiger partial charge in [-0.2, -0.15) is 0 Å². The third kappa shape index (κ3) is 1.26. The molecule has 1 aromatic heterocycles. The summed E-state index contributed by atoms with van der Waals surface area (Å²) in [5.41, 5.74) is 7.56. The van der Waals surface area contributed by atoms with Crippen molar-refractivity contribution in [2.45, 2.75) is 0 Å². The second-order valence-corrected chi connectivity index (χ2v) is 1.49. The zero-order chi connectivity index (χ0) is 6.69. The Morgan fingerprint density at radius 3 is 2.56 bits per heavy atom. The van der Waals surface area contributed by atoms with Crippen molar-refractivity contribution in [3.63, 3.8) is 0 Å². The molecule has 0 saturated carbocycles. The summed E-state index contributed by atoms with van der Waals surface area (Å²) in [6.07, 6.45) is 0. The lowest BCUT2D eigenvalue weighted by molar-refractivity contribution is 1.03. The minimum absolute atomic E-state index is 0.383. The van der Waals surface area contributed by atoms with E-state index in [0.717, 1.165) is 0 Å². The molecule has 5 nitrogen and oxygen atoms in total. The van der Waals surface area contributed by atoms with Gasteiger partial charge >= 0.3 is 0 Å². The van der Waals surface area contributed by atoms with Crippen LogP contribution in [0.25, 0.3) is 0 Å². The topological polar surface area (TPSA) is 89.8 Å². The van der Waals surface area contributed by atoms with Crippen molar-refractivity contribution in [1.82, 2.24) is 10.2 Å². The van der Waals surface area contributed by atoms with Gasteiger partial charge in [-0.3, -0.25) is 0 Å². The lowest BCUT2D eigenvalue weighted by atomic mass is 10.5. The highest BCUT2D eigenvalue weighted by atomic mass is 15.3. The first-order chi connectivity index (χ1) is 4.33. The number of nitrogen functional groups attached to an aromatic ring is 2. The van der Waals surface area contributed by atoms with E-state index >= 15 is 0 Å². The van der Waals surface area contributed by atoms with Crippen molar-refractivity contribution < 1.29 is 0 Å². The van der Waals surface area contributed by atoms with Crippen LogP contribution in [-0.2, 0) is 0 Å². The SMILES string of the molecule is NNc1ccc(N)nn1. The zero-order valence-electron chi connectivity index (χ0n) is 4.70. The van der Waals surface area contributed by atoms with E-state index in [4.69, 9.17) is 11.6 Å². The standard InChI is InChI=1S/C4H7N5/c5-3-1-2-4(7-6)9-8-3/h1-2H,6H2,(H2,5,8)(H,7,9). The molecule has 1 aromatic rings. The Labute approximate surface area is 52.0 Å². The highest BCUT2D eigenvalue weighted by Crippen LogP contribution is 1.98. The van der Waals surface area contributed by atoms with Crippen molar-refractivity contribution in [3.8, 4) is 0 Å². The van der Waals surface area contributed by atoms with Crippen LogP contribution in [0.1, 0.15) is 0 Å². The molecule has 5 heteroatoms. The summed E-state index contributed by atoms with van der Waals surface area (Å²) in [5.74, 6) is 5.89. The van der Waals surface area contributed by atoms with E-state index in [1.807, 2.05) is 0 Å². The molecule has 0 atom stereocenters. The molecule has 48 valence electrons. The number of aromatic nitrogens is 2. The summed E-state index contributed by atoms with van der Waals surface area (Å²) in [6, 6.07) is 3.25. The molecule has 0 bridgehead atoms. The number of nitrogens with two attached hydrogens (primary N) is 2. The van der Waals surface area contributed by atoms with Crippen LogP contribution in [0.2, 0.25) is 0 Å². The van der Waals surface area contributed by atoms with Crippen LogP contribution in [0.4, 0.5) is 11.6 Å². The van der Waals surface area contributed by atoms with E-state index in [2.05, 4.69) is 15.6 Å². The van der Waals surface area contributed by atoms with E-state index in [0.29, 0.717) is 11.6 Å². The lowest BCUT2D eigenvalue weighted by Crippen LogP contribution is -2.09.